The first-order chi connectivity index (χ1) is 28.7. The Morgan fingerprint density at radius 2 is 0.707 bits per heavy atom. The average Bonchev–Trinajstić information content (AvgIpc) is 3.65. The third-order valence-electron chi connectivity index (χ3n) is 11.0. The molecule has 58 heavy (non-hydrogen) atoms. The van der Waals surface area contributed by atoms with Crippen molar-refractivity contribution in [1.82, 2.24) is 4.57 Å². The predicted octanol–water partition coefficient (Wildman–Crippen LogP) is 14.8. The van der Waals surface area contributed by atoms with Crippen molar-refractivity contribution in [3.8, 4) is 56.3 Å². The summed E-state index contributed by atoms with van der Waals surface area (Å²) >= 11 is 0. The van der Waals surface area contributed by atoms with Crippen molar-refractivity contribution in [2.75, 3.05) is 4.90 Å². The van der Waals surface area contributed by atoms with Crippen molar-refractivity contribution in [3.05, 3.63) is 230 Å². The van der Waals surface area contributed by atoms with Crippen LogP contribution in [0.2, 0.25) is 0 Å². The number of aromatic nitrogens is 1. The summed E-state index contributed by atoms with van der Waals surface area (Å²) < 4.78 is 2.37. The number of hydrogen-bond donors (Lipinski definition) is 0. The number of fused-ring (bicyclic) bond motifs is 3. The fourth-order valence-corrected chi connectivity index (χ4v) is 8.13. The van der Waals surface area contributed by atoms with Crippen LogP contribution in [-0.4, -0.2) is 4.57 Å². The van der Waals surface area contributed by atoms with Gasteiger partial charge in [0.1, 0.15) is 0 Å². The third-order valence-corrected chi connectivity index (χ3v) is 11.0. The van der Waals surface area contributed by atoms with Crippen LogP contribution in [0.1, 0.15) is 5.56 Å². The SMILES string of the molecule is N#Cc1ccc(-c2cccc(-c3ccc(N(c4ccc(-c5ccccc5)cc4)c4ccc(-c5cccc(-n6c7ccccc7c7ccccc76)c5)cc4)cc3)c2)cc1. The number of nitriles is 1. The van der Waals surface area contributed by atoms with E-state index < -0.39 is 0 Å². The van der Waals surface area contributed by atoms with Crippen molar-refractivity contribution in [2.24, 2.45) is 0 Å². The molecule has 0 saturated heterocycles. The third kappa shape index (κ3) is 6.49. The zero-order valence-corrected chi connectivity index (χ0v) is 31.7. The highest BCUT2D eigenvalue weighted by atomic mass is 15.1. The van der Waals surface area contributed by atoms with Crippen LogP contribution in [0.25, 0.3) is 72.0 Å². The average molecular weight is 740 g/mol. The molecule has 1 aromatic heterocycles. The first kappa shape index (κ1) is 34.6. The van der Waals surface area contributed by atoms with Gasteiger partial charge in [0.05, 0.1) is 22.7 Å². The van der Waals surface area contributed by atoms with Gasteiger partial charge < -0.3 is 9.47 Å². The van der Waals surface area contributed by atoms with Gasteiger partial charge in [0.25, 0.3) is 0 Å². The lowest BCUT2D eigenvalue weighted by molar-refractivity contribution is 1.18. The maximum atomic E-state index is 9.26. The number of nitrogens with zero attached hydrogens (tertiary/aromatic N) is 3. The summed E-state index contributed by atoms with van der Waals surface area (Å²) in [6.07, 6.45) is 0. The summed E-state index contributed by atoms with van der Waals surface area (Å²) in [6, 6.07) is 81.8. The van der Waals surface area contributed by atoms with E-state index in [4.69, 9.17) is 0 Å². The Hall–Kier alpha value is -7.93. The van der Waals surface area contributed by atoms with E-state index in [2.05, 4.69) is 216 Å². The smallest absolute Gasteiger partial charge is 0.0991 e. The van der Waals surface area contributed by atoms with Gasteiger partial charge in [-0.05, 0) is 123 Å². The lowest BCUT2D eigenvalue weighted by atomic mass is 9.98. The van der Waals surface area contributed by atoms with E-state index in [9.17, 15) is 5.26 Å². The second-order valence-corrected chi connectivity index (χ2v) is 14.5. The minimum absolute atomic E-state index is 0.661. The van der Waals surface area contributed by atoms with E-state index in [0.29, 0.717) is 5.56 Å². The predicted molar refractivity (Wildman–Crippen MR) is 242 cm³/mol. The van der Waals surface area contributed by atoms with E-state index >= 15 is 0 Å². The Balaban J connectivity index is 0.999. The molecule has 0 radical (unpaired) electrons. The van der Waals surface area contributed by atoms with Crippen LogP contribution < -0.4 is 4.90 Å². The molecule has 0 fully saturated rings. The summed E-state index contributed by atoms with van der Waals surface area (Å²) in [5, 5.41) is 11.8. The molecule has 0 atom stereocenters. The van der Waals surface area contributed by atoms with Gasteiger partial charge in [-0.25, -0.2) is 0 Å². The number of para-hydroxylation sites is 2. The number of benzene rings is 9. The zero-order valence-electron chi connectivity index (χ0n) is 31.7. The lowest BCUT2D eigenvalue weighted by Crippen LogP contribution is -2.09. The van der Waals surface area contributed by atoms with Crippen LogP contribution in [0.3, 0.4) is 0 Å². The minimum atomic E-state index is 0.661. The Bertz CT molecular complexity index is 3030. The molecule has 0 saturated carbocycles. The Morgan fingerprint density at radius 3 is 1.21 bits per heavy atom. The molecule has 0 amide bonds. The van der Waals surface area contributed by atoms with Crippen LogP contribution in [0.4, 0.5) is 17.1 Å². The normalized spacial score (nSPS) is 11.1. The number of rotatable bonds is 8. The molecule has 0 bridgehead atoms. The molecule has 3 heteroatoms. The molecular weight excluding hydrogens is 703 g/mol. The summed E-state index contributed by atoms with van der Waals surface area (Å²) in [5.41, 5.74) is 16.6. The number of hydrogen-bond acceptors (Lipinski definition) is 2. The summed E-state index contributed by atoms with van der Waals surface area (Å²) in [5.74, 6) is 0. The second kappa shape index (κ2) is 15.0. The molecule has 3 nitrogen and oxygen atoms in total. The van der Waals surface area contributed by atoms with Gasteiger partial charge in [0.2, 0.25) is 0 Å². The van der Waals surface area contributed by atoms with E-state index in [1.165, 1.54) is 32.9 Å². The highest BCUT2D eigenvalue weighted by Crippen LogP contribution is 2.39. The first-order valence-corrected chi connectivity index (χ1v) is 19.6. The first-order valence-electron chi connectivity index (χ1n) is 19.6. The van der Waals surface area contributed by atoms with Gasteiger partial charge in [-0.15, -0.1) is 0 Å². The molecule has 0 spiro atoms. The molecule has 10 rings (SSSR count). The second-order valence-electron chi connectivity index (χ2n) is 14.5. The maximum Gasteiger partial charge on any atom is 0.0991 e. The van der Waals surface area contributed by atoms with Crippen LogP contribution in [0.15, 0.2) is 224 Å². The highest BCUT2D eigenvalue weighted by Gasteiger charge is 2.16. The Labute approximate surface area is 338 Å². The number of anilines is 3. The van der Waals surface area contributed by atoms with Gasteiger partial charge in [-0.1, -0.05) is 146 Å². The Kier molecular flexibility index (Phi) is 8.91. The molecule has 272 valence electrons. The van der Waals surface area contributed by atoms with Gasteiger partial charge in [-0.2, -0.15) is 5.26 Å². The minimum Gasteiger partial charge on any atom is -0.311 e. The molecule has 0 unspecified atom stereocenters. The highest BCUT2D eigenvalue weighted by molar-refractivity contribution is 6.09. The standard InChI is InChI=1S/C55H37N3/c56-38-39-20-22-42(23-21-39)45-12-8-13-46(36-45)43-26-32-49(33-27-43)57(48-30-24-41(25-31-48)40-10-2-1-3-11-40)50-34-28-44(29-35-50)47-14-9-15-51(37-47)58-54-18-6-4-16-52(54)53-17-5-7-19-55(53)58/h1-37H. The van der Waals surface area contributed by atoms with Crippen LogP contribution in [-0.2, 0) is 0 Å². The fourth-order valence-electron chi connectivity index (χ4n) is 8.13. The molecule has 9 aromatic carbocycles. The largest absolute Gasteiger partial charge is 0.311 e. The van der Waals surface area contributed by atoms with Crippen LogP contribution in [0.5, 0.6) is 0 Å². The van der Waals surface area contributed by atoms with E-state index in [1.807, 2.05) is 24.3 Å². The molecule has 0 aliphatic carbocycles. The molecule has 1 heterocycles. The van der Waals surface area contributed by atoms with Crippen molar-refractivity contribution in [2.45, 2.75) is 0 Å². The quantitative estimate of drug-likeness (QED) is 0.155. The van der Waals surface area contributed by atoms with Crippen molar-refractivity contribution in [3.63, 3.8) is 0 Å². The van der Waals surface area contributed by atoms with E-state index in [1.54, 1.807) is 0 Å². The Morgan fingerprint density at radius 1 is 0.328 bits per heavy atom. The van der Waals surface area contributed by atoms with E-state index in [0.717, 1.165) is 56.1 Å². The van der Waals surface area contributed by atoms with Crippen molar-refractivity contribution < 1.29 is 0 Å². The van der Waals surface area contributed by atoms with Gasteiger partial charge in [-0.3, -0.25) is 0 Å². The van der Waals surface area contributed by atoms with Crippen molar-refractivity contribution in [1.29, 1.82) is 5.26 Å². The molecular formula is C55H37N3. The molecule has 10 aromatic rings. The summed E-state index contributed by atoms with van der Waals surface area (Å²) in [7, 11) is 0. The van der Waals surface area contributed by atoms with Crippen LogP contribution in [0, 0.1) is 11.3 Å². The lowest BCUT2D eigenvalue weighted by Gasteiger charge is -2.26. The maximum absolute atomic E-state index is 9.26. The van der Waals surface area contributed by atoms with Gasteiger partial charge in [0, 0.05) is 33.5 Å². The van der Waals surface area contributed by atoms with E-state index in [-0.39, 0.29) is 0 Å². The van der Waals surface area contributed by atoms with Gasteiger partial charge >= 0.3 is 0 Å². The molecule has 0 aliphatic heterocycles. The summed E-state index contributed by atoms with van der Waals surface area (Å²) in [6.45, 7) is 0. The van der Waals surface area contributed by atoms with Crippen LogP contribution >= 0.6 is 0 Å². The zero-order chi connectivity index (χ0) is 38.8. The molecule has 0 N–H and O–H groups in total. The molecule has 0 aliphatic rings. The fraction of sp³-hybridized carbons (Fsp3) is 0. The summed E-state index contributed by atoms with van der Waals surface area (Å²) in [4.78, 5) is 2.32. The monoisotopic (exact) mass is 739 g/mol. The van der Waals surface area contributed by atoms with Crippen molar-refractivity contribution >= 4 is 38.9 Å². The topological polar surface area (TPSA) is 32.0 Å². The van der Waals surface area contributed by atoms with Gasteiger partial charge in [0.15, 0.2) is 0 Å².